The molecule has 0 N–H and O–H groups in total. The average Bonchev–Trinajstić information content (AvgIpc) is 2.75. The number of hydrogen-bond donors (Lipinski definition) is 0. The Balaban J connectivity index is 2.06. The average molecular weight is 435 g/mol. The monoisotopic (exact) mass is 434 g/mol. The summed E-state index contributed by atoms with van der Waals surface area (Å²) in [5, 5.41) is 0. The van der Waals surface area contributed by atoms with E-state index in [0.717, 1.165) is 56.9 Å². The highest BCUT2D eigenvalue weighted by atomic mass is 16.7. The molecule has 0 radical (unpaired) electrons. The molecule has 1 fully saturated rings. The van der Waals surface area contributed by atoms with Crippen molar-refractivity contribution >= 4 is 11.8 Å². The van der Waals surface area contributed by atoms with Crippen LogP contribution in [0.1, 0.15) is 85.5 Å². The van der Waals surface area contributed by atoms with Gasteiger partial charge < -0.3 is 14.2 Å². The van der Waals surface area contributed by atoms with Gasteiger partial charge in [-0.25, -0.2) is 0 Å². The van der Waals surface area contributed by atoms with Crippen LogP contribution in [-0.4, -0.2) is 37.4 Å². The number of hydrogen-bond acceptors (Lipinski definition) is 5. The number of cyclic esters (lactones) is 1. The topological polar surface area (TPSA) is 61.8 Å². The van der Waals surface area contributed by atoms with Gasteiger partial charge in [0.1, 0.15) is 0 Å². The number of rotatable bonds is 4. The zero-order chi connectivity index (χ0) is 22.6. The predicted octanol–water partition coefficient (Wildman–Crippen LogP) is 5.78. The maximum atomic E-state index is 12.6. The van der Waals surface area contributed by atoms with Gasteiger partial charge in [-0.2, -0.15) is 0 Å². The van der Waals surface area contributed by atoms with Crippen molar-refractivity contribution in [2.45, 2.75) is 97.9 Å². The van der Waals surface area contributed by atoms with E-state index in [2.05, 4.69) is 20.8 Å². The highest BCUT2D eigenvalue weighted by molar-refractivity contribution is 5.92. The molecule has 0 aliphatic carbocycles. The molecule has 31 heavy (non-hydrogen) atoms. The van der Waals surface area contributed by atoms with Crippen LogP contribution >= 0.6 is 0 Å². The van der Waals surface area contributed by atoms with Crippen molar-refractivity contribution in [1.29, 1.82) is 0 Å². The minimum absolute atomic E-state index is 0.0724. The first kappa shape index (κ1) is 25.8. The first-order valence-corrected chi connectivity index (χ1v) is 12.2. The van der Waals surface area contributed by atoms with Crippen LogP contribution in [0.3, 0.4) is 0 Å². The number of carbonyl (C=O) groups excluding carboxylic acids is 2. The van der Waals surface area contributed by atoms with Gasteiger partial charge in [0.05, 0.1) is 19.3 Å². The van der Waals surface area contributed by atoms with E-state index in [1.54, 1.807) is 6.08 Å². The van der Waals surface area contributed by atoms with Crippen LogP contribution in [0.25, 0.3) is 0 Å². The molecule has 2 aliphatic rings. The Kier molecular flexibility index (Phi) is 11.5. The molecule has 0 saturated carbocycles. The third-order valence-electron chi connectivity index (χ3n) is 6.38. The summed E-state index contributed by atoms with van der Waals surface area (Å²) in [5.74, 6) is 0.527. The summed E-state index contributed by atoms with van der Waals surface area (Å²) in [4.78, 5) is 24.9. The van der Waals surface area contributed by atoms with Crippen LogP contribution in [0.4, 0.5) is 0 Å². The normalized spacial score (nSPS) is 35.1. The minimum atomic E-state index is -0.197. The number of allylic oxidation sites excluding steroid dienone is 3. The van der Waals surface area contributed by atoms with E-state index < -0.39 is 0 Å². The summed E-state index contributed by atoms with van der Waals surface area (Å²) in [7, 11) is 0. The maximum absolute atomic E-state index is 12.6. The second-order valence-electron chi connectivity index (χ2n) is 9.41. The predicted molar refractivity (Wildman–Crippen MR) is 123 cm³/mol. The minimum Gasteiger partial charge on any atom is -0.465 e. The van der Waals surface area contributed by atoms with Crippen LogP contribution in [0.15, 0.2) is 23.8 Å². The molecular formula is C26H42O5. The number of esters is 1. The molecule has 2 heterocycles. The lowest BCUT2D eigenvalue weighted by Gasteiger charge is -2.28. The third kappa shape index (κ3) is 10.1. The van der Waals surface area contributed by atoms with Crippen molar-refractivity contribution in [3.63, 3.8) is 0 Å². The van der Waals surface area contributed by atoms with Gasteiger partial charge in [0.25, 0.3) is 0 Å². The summed E-state index contributed by atoms with van der Waals surface area (Å²) >= 11 is 0. The van der Waals surface area contributed by atoms with Crippen LogP contribution < -0.4 is 0 Å². The van der Waals surface area contributed by atoms with E-state index >= 15 is 0 Å². The third-order valence-corrected chi connectivity index (χ3v) is 6.38. The Morgan fingerprint density at radius 3 is 2.55 bits per heavy atom. The fourth-order valence-corrected chi connectivity index (χ4v) is 4.28. The molecule has 5 nitrogen and oxygen atoms in total. The zero-order valence-electron chi connectivity index (χ0n) is 19.9. The second-order valence-corrected chi connectivity index (χ2v) is 9.41. The lowest BCUT2D eigenvalue weighted by atomic mass is 9.90. The lowest BCUT2D eigenvalue weighted by Crippen LogP contribution is -2.30. The maximum Gasteiger partial charge on any atom is 0.305 e. The Bertz CT molecular complexity index is 623. The molecule has 3 unspecified atom stereocenters. The van der Waals surface area contributed by atoms with E-state index in [4.69, 9.17) is 14.2 Å². The molecular weight excluding hydrogens is 392 g/mol. The van der Waals surface area contributed by atoms with Crippen molar-refractivity contribution in [2.24, 2.45) is 17.8 Å². The Hall–Kier alpha value is -1.46. The van der Waals surface area contributed by atoms with Gasteiger partial charge in [-0.1, -0.05) is 44.4 Å². The van der Waals surface area contributed by atoms with Gasteiger partial charge >= 0.3 is 5.97 Å². The Morgan fingerprint density at radius 2 is 1.81 bits per heavy atom. The standard InChI is InChI=1S/C26H42O5/c1-5-23-10-6-8-19(2)13-15-25(28)29-17-22(16-20(3)12-14-24(23)27)18-30-26-11-7-9-21(4)31-26/h12,14,16,19,21-23,26H,5-11,13,15,17-18H2,1-4H3/b14-12+,20-16+/t19?,21?,22?,23-,26-/m1/s1. The molecule has 2 rings (SSSR count). The molecule has 0 aromatic rings. The summed E-state index contributed by atoms with van der Waals surface area (Å²) in [6.45, 7) is 9.01. The first-order chi connectivity index (χ1) is 14.9. The Morgan fingerprint density at radius 1 is 1.03 bits per heavy atom. The number of ketones is 1. The number of carbonyl (C=O) groups is 2. The molecule has 5 heteroatoms. The summed E-state index contributed by atoms with van der Waals surface area (Å²) in [5.41, 5.74) is 0.978. The quantitative estimate of drug-likeness (QED) is 0.525. The van der Waals surface area contributed by atoms with E-state index in [0.29, 0.717) is 18.9 Å². The van der Waals surface area contributed by atoms with E-state index in [-0.39, 0.29) is 42.6 Å². The van der Waals surface area contributed by atoms with Gasteiger partial charge in [0, 0.05) is 18.3 Å². The fraction of sp³-hybridized carbons (Fsp3) is 0.769. The molecule has 0 aromatic heterocycles. The van der Waals surface area contributed by atoms with E-state index in [9.17, 15) is 9.59 Å². The van der Waals surface area contributed by atoms with E-state index in [1.807, 2.05) is 19.1 Å². The summed E-state index contributed by atoms with van der Waals surface area (Å²) in [6, 6.07) is 0. The lowest BCUT2D eigenvalue weighted by molar-refractivity contribution is -0.194. The van der Waals surface area contributed by atoms with Gasteiger partial charge in [-0.05, 0) is 64.4 Å². The first-order valence-electron chi connectivity index (χ1n) is 12.2. The van der Waals surface area contributed by atoms with Gasteiger partial charge in [-0.15, -0.1) is 0 Å². The SMILES string of the molecule is CC[C@@H]1CCCC(C)CCC(=O)OCC(CO[C@H]2CCCC(C)O2)/C=C(C)/C=C/C1=O. The van der Waals surface area contributed by atoms with Crippen LogP contribution in [0, 0.1) is 17.8 Å². The fourth-order valence-electron chi connectivity index (χ4n) is 4.28. The molecule has 1 saturated heterocycles. The van der Waals surface area contributed by atoms with Crippen molar-refractivity contribution in [1.82, 2.24) is 0 Å². The van der Waals surface area contributed by atoms with Gasteiger partial charge in [0.2, 0.25) is 0 Å². The summed E-state index contributed by atoms with van der Waals surface area (Å²) < 4.78 is 17.4. The summed E-state index contributed by atoms with van der Waals surface area (Å²) in [6.07, 6.45) is 13.8. The van der Waals surface area contributed by atoms with E-state index in [1.165, 1.54) is 0 Å². The molecule has 0 aromatic carbocycles. The highest BCUT2D eigenvalue weighted by Gasteiger charge is 2.21. The van der Waals surface area contributed by atoms with Crippen LogP contribution in [-0.2, 0) is 23.8 Å². The molecule has 5 atom stereocenters. The largest absolute Gasteiger partial charge is 0.465 e. The van der Waals surface area contributed by atoms with Crippen LogP contribution in [0.5, 0.6) is 0 Å². The molecule has 0 amide bonds. The molecule has 176 valence electrons. The van der Waals surface area contributed by atoms with Gasteiger partial charge in [-0.3, -0.25) is 9.59 Å². The number of ether oxygens (including phenoxy) is 3. The smallest absolute Gasteiger partial charge is 0.305 e. The highest BCUT2D eigenvalue weighted by Crippen LogP contribution is 2.22. The molecule has 0 bridgehead atoms. The molecule has 2 aliphatic heterocycles. The Labute approximate surface area is 188 Å². The van der Waals surface area contributed by atoms with Crippen molar-refractivity contribution in [3.8, 4) is 0 Å². The van der Waals surface area contributed by atoms with Crippen molar-refractivity contribution < 1.29 is 23.8 Å². The molecule has 0 spiro atoms. The van der Waals surface area contributed by atoms with Gasteiger partial charge in [0.15, 0.2) is 12.1 Å². The zero-order valence-corrected chi connectivity index (χ0v) is 19.9. The van der Waals surface area contributed by atoms with Crippen molar-refractivity contribution in [3.05, 3.63) is 23.8 Å². The van der Waals surface area contributed by atoms with Crippen LogP contribution in [0.2, 0.25) is 0 Å². The van der Waals surface area contributed by atoms with Crippen molar-refractivity contribution in [2.75, 3.05) is 13.2 Å². The second kappa shape index (κ2) is 13.8.